The zero-order chi connectivity index (χ0) is 21.5. The molecule has 1 atom stereocenters. The second-order valence-corrected chi connectivity index (χ2v) is 8.37. The van der Waals surface area contributed by atoms with Crippen LogP contribution >= 0.6 is 15.9 Å². The van der Waals surface area contributed by atoms with Gasteiger partial charge in [0.1, 0.15) is 0 Å². The Morgan fingerprint density at radius 2 is 1.55 bits per heavy atom. The van der Waals surface area contributed by atoms with Gasteiger partial charge in [-0.05, 0) is 46.5 Å². The second-order valence-electron chi connectivity index (χ2n) is 7.45. The maximum atomic E-state index is 11.4. The molecule has 2 aromatic heterocycles. The Bertz CT molecular complexity index is 1440. The fraction of sp³-hybridized carbons (Fsp3) is 0.0833. The van der Waals surface area contributed by atoms with Crippen molar-refractivity contribution in [2.75, 3.05) is 0 Å². The van der Waals surface area contributed by atoms with Crippen LogP contribution in [-0.4, -0.2) is 20.0 Å². The lowest BCUT2D eigenvalue weighted by atomic mass is 9.82. The molecule has 0 spiro atoms. The Morgan fingerprint density at radius 3 is 2.23 bits per heavy atom. The van der Waals surface area contributed by atoms with Gasteiger partial charge in [-0.15, -0.1) is 0 Å². The molecule has 2 heterocycles. The molecule has 154 valence electrons. The quantitative estimate of drug-likeness (QED) is 0.215. The smallest absolute Gasteiger partial charge is 0.270 e. The van der Waals surface area contributed by atoms with Crippen molar-refractivity contribution < 1.29 is 10.0 Å². The Morgan fingerprint density at radius 1 is 0.903 bits per heavy atom. The molecule has 0 aliphatic rings. The summed E-state index contributed by atoms with van der Waals surface area (Å²) in [5.74, 6) is -0.234. The van der Waals surface area contributed by atoms with Gasteiger partial charge in [-0.3, -0.25) is 10.1 Å². The first-order chi connectivity index (χ1) is 15.1. The lowest BCUT2D eigenvalue weighted by molar-refractivity contribution is -0.384. The van der Waals surface area contributed by atoms with Crippen LogP contribution in [0.3, 0.4) is 0 Å². The number of nitro benzene ring substituents is 1. The molecule has 5 aromatic rings. The molecule has 0 aliphatic carbocycles. The average Bonchev–Trinajstić information content (AvgIpc) is 3.38. The summed E-state index contributed by atoms with van der Waals surface area (Å²) in [7, 11) is 0. The Kier molecular flexibility index (Phi) is 4.84. The average molecular weight is 476 g/mol. The minimum absolute atomic E-state index is 0.0456. The van der Waals surface area contributed by atoms with Crippen LogP contribution in [0.4, 0.5) is 5.69 Å². The summed E-state index contributed by atoms with van der Waals surface area (Å²) in [6.45, 7) is -0.0960. The number of rotatable bonds is 5. The van der Waals surface area contributed by atoms with Crippen LogP contribution in [0, 0.1) is 10.1 Å². The van der Waals surface area contributed by atoms with Crippen molar-refractivity contribution in [2.45, 2.75) is 12.5 Å². The van der Waals surface area contributed by atoms with E-state index in [0.717, 1.165) is 48.5 Å². The van der Waals surface area contributed by atoms with Crippen molar-refractivity contribution in [3.05, 3.63) is 110 Å². The van der Waals surface area contributed by atoms with Crippen molar-refractivity contribution >= 4 is 43.4 Å². The van der Waals surface area contributed by atoms with Gasteiger partial charge < -0.3 is 15.1 Å². The lowest BCUT2D eigenvalue weighted by Gasteiger charge is -2.20. The van der Waals surface area contributed by atoms with E-state index in [9.17, 15) is 15.2 Å². The van der Waals surface area contributed by atoms with Gasteiger partial charge in [0.05, 0.1) is 11.5 Å². The van der Waals surface area contributed by atoms with Gasteiger partial charge in [0.15, 0.2) is 0 Å². The standard InChI is InChI=1S/C24H18BrN3O3/c25-15-5-7-22-18(9-15)20(11-26-22)24(17-4-2-1-3-14(17)13-29)21-12-27-23-8-6-16(28(30)31)10-19(21)23/h1-12,24,26-27,29H,13H2. The Labute approximate surface area is 185 Å². The number of fused-ring (bicyclic) bond motifs is 2. The van der Waals surface area contributed by atoms with Gasteiger partial charge in [-0.25, -0.2) is 0 Å². The number of aliphatic hydroxyl groups excluding tert-OH is 1. The number of halogens is 1. The van der Waals surface area contributed by atoms with Crippen LogP contribution in [0.1, 0.15) is 28.2 Å². The maximum absolute atomic E-state index is 11.4. The van der Waals surface area contributed by atoms with Gasteiger partial charge in [0, 0.05) is 56.7 Å². The number of hydrogen-bond acceptors (Lipinski definition) is 3. The van der Waals surface area contributed by atoms with E-state index in [1.165, 1.54) is 6.07 Å². The number of nitrogens with zero attached hydrogens (tertiary/aromatic N) is 1. The van der Waals surface area contributed by atoms with E-state index < -0.39 is 0 Å². The highest BCUT2D eigenvalue weighted by atomic mass is 79.9. The normalized spacial score (nSPS) is 12.5. The number of aliphatic hydroxyl groups is 1. The Balaban J connectivity index is 1.83. The summed E-state index contributed by atoms with van der Waals surface area (Å²) in [5.41, 5.74) is 5.59. The molecule has 0 aliphatic heterocycles. The number of aromatic nitrogens is 2. The van der Waals surface area contributed by atoms with Gasteiger partial charge in [0.2, 0.25) is 0 Å². The van der Waals surface area contributed by atoms with Gasteiger partial charge in [-0.1, -0.05) is 40.2 Å². The summed E-state index contributed by atoms with van der Waals surface area (Å²) >= 11 is 3.56. The summed E-state index contributed by atoms with van der Waals surface area (Å²) in [6, 6.07) is 18.7. The Hall–Kier alpha value is -3.42. The van der Waals surface area contributed by atoms with Crippen LogP contribution in [0.25, 0.3) is 21.8 Å². The molecule has 3 aromatic carbocycles. The number of nitrogens with one attached hydrogen (secondary N) is 2. The summed E-state index contributed by atoms with van der Waals surface area (Å²) < 4.78 is 0.963. The van der Waals surface area contributed by atoms with Gasteiger partial charge >= 0.3 is 0 Å². The molecule has 3 N–H and O–H groups in total. The van der Waals surface area contributed by atoms with Crippen LogP contribution < -0.4 is 0 Å². The predicted molar refractivity (Wildman–Crippen MR) is 124 cm³/mol. The SMILES string of the molecule is O=[N+]([O-])c1ccc2[nH]cc(C(c3ccccc3CO)c3c[nH]c4ccc(Br)cc34)c2c1. The second kappa shape index (κ2) is 7.68. The number of nitro groups is 1. The number of hydrogen-bond donors (Lipinski definition) is 3. The molecule has 1 unspecified atom stereocenters. The number of H-pyrrole nitrogens is 2. The minimum atomic E-state index is -0.379. The van der Waals surface area contributed by atoms with Crippen LogP contribution in [0.5, 0.6) is 0 Å². The van der Waals surface area contributed by atoms with Crippen LogP contribution in [0.2, 0.25) is 0 Å². The highest BCUT2D eigenvalue weighted by molar-refractivity contribution is 9.10. The lowest BCUT2D eigenvalue weighted by Crippen LogP contribution is -2.06. The van der Waals surface area contributed by atoms with Crippen molar-refractivity contribution in [3.8, 4) is 0 Å². The van der Waals surface area contributed by atoms with Crippen LogP contribution in [-0.2, 0) is 6.61 Å². The molecule has 0 saturated carbocycles. The fourth-order valence-corrected chi connectivity index (χ4v) is 4.66. The number of aromatic amines is 2. The summed E-state index contributed by atoms with van der Waals surface area (Å²) in [6.07, 6.45) is 3.89. The summed E-state index contributed by atoms with van der Waals surface area (Å²) in [4.78, 5) is 17.6. The number of non-ortho nitro benzene ring substituents is 1. The van der Waals surface area contributed by atoms with E-state index >= 15 is 0 Å². The highest BCUT2D eigenvalue weighted by Gasteiger charge is 2.26. The molecule has 31 heavy (non-hydrogen) atoms. The molecule has 5 rings (SSSR count). The van der Waals surface area contributed by atoms with E-state index in [1.54, 1.807) is 12.1 Å². The first-order valence-electron chi connectivity index (χ1n) is 9.77. The topological polar surface area (TPSA) is 94.9 Å². The highest BCUT2D eigenvalue weighted by Crippen LogP contribution is 2.41. The monoisotopic (exact) mass is 475 g/mol. The zero-order valence-corrected chi connectivity index (χ0v) is 17.9. The molecule has 0 radical (unpaired) electrons. The van der Waals surface area contributed by atoms with Crippen molar-refractivity contribution in [3.63, 3.8) is 0 Å². The predicted octanol–water partition coefficient (Wildman–Crippen LogP) is 5.99. The van der Waals surface area contributed by atoms with E-state index in [0.29, 0.717) is 0 Å². The van der Waals surface area contributed by atoms with Crippen molar-refractivity contribution in [1.29, 1.82) is 0 Å². The molecular weight excluding hydrogens is 458 g/mol. The van der Waals surface area contributed by atoms with E-state index in [-0.39, 0.29) is 23.1 Å². The number of benzene rings is 3. The largest absolute Gasteiger partial charge is 0.392 e. The van der Waals surface area contributed by atoms with E-state index in [1.807, 2.05) is 48.8 Å². The summed E-state index contributed by atoms with van der Waals surface area (Å²) in [5, 5.41) is 23.3. The van der Waals surface area contributed by atoms with Crippen molar-refractivity contribution in [1.82, 2.24) is 9.97 Å². The molecule has 0 amide bonds. The van der Waals surface area contributed by atoms with Gasteiger partial charge in [-0.2, -0.15) is 0 Å². The zero-order valence-electron chi connectivity index (χ0n) is 16.3. The fourth-order valence-electron chi connectivity index (χ4n) is 4.30. The molecule has 6 nitrogen and oxygen atoms in total. The maximum Gasteiger partial charge on any atom is 0.270 e. The van der Waals surface area contributed by atoms with Gasteiger partial charge in [0.25, 0.3) is 5.69 Å². The van der Waals surface area contributed by atoms with E-state index in [4.69, 9.17) is 0 Å². The molecule has 0 fully saturated rings. The molecule has 7 heteroatoms. The first kappa shape index (κ1) is 19.5. The molecule has 0 bridgehead atoms. The molecule has 0 saturated heterocycles. The van der Waals surface area contributed by atoms with E-state index in [2.05, 4.69) is 32.0 Å². The van der Waals surface area contributed by atoms with Crippen molar-refractivity contribution in [2.24, 2.45) is 0 Å². The minimum Gasteiger partial charge on any atom is -0.392 e. The third kappa shape index (κ3) is 3.32. The third-order valence-electron chi connectivity index (χ3n) is 5.74. The van der Waals surface area contributed by atoms with Crippen LogP contribution in [0.15, 0.2) is 77.5 Å². The molecular formula is C24H18BrN3O3. The first-order valence-corrected chi connectivity index (χ1v) is 10.6. The third-order valence-corrected chi connectivity index (χ3v) is 6.24.